The van der Waals surface area contributed by atoms with Crippen LogP contribution >= 0.6 is 0 Å². The standard InChI is InChI=1S/C7H9FSi/c8-7-3-1-6(5-9)2-4-7/h1-4H,5H2,9H3. The second-order valence-electron chi connectivity index (χ2n) is 1.98. The van der Waals surface area contributed by atoms with Crippen molar-refractivity contribution in [3.8, 4) is 0 Å². The van der Waals surface area contributed by atoms with Crippen molar-refractivity contribution in [2.75, 3.05) is 0 Å². The Morgan fingerprint density at radius 1 is 1.22 bits per heavy atom. The molecule has 0 nitrogen and oxygen atoms in total. The second kappa shape index (κ2) is 2.78. The van der Waals surface area contributed by atoms with Crippen molar-refractivity contribution in [3.05, 3.63) is 35.6 Å². The Labute approximate surface area is 57.1 Å². The van der Waals surface area contributed by atoms with Gasteiger partial charge in [0.1, 0.15) is 5.82 Å². The third-order valence-electron chi connectivity index (χ3n) is 1.32. The Balaban J connectivity index is 2.88. The van der Waals surface area contributed by atoms with E-state index in [2.05, 4.69) is 0 Å². The van der Waals surface area contributed by atoms with Gasteiger partial charge in [-0.2, -0.15) is 0 Å². The van der Waals surface area contributed by atoms with Crippen LogP contribution < -0.4 is 0 Å². The molecule has 1 aromatic carbocycles. The molecule has 0 bridgehead atoms. The summed E-state index contributed by atoms with van der Waals surface area (Å²) in [5.41, 5.74) is 1.24. The minimum Gasteiger partial charge on any atom is -0.207 e. The van der Waals surface area contributed by atoms with E-state index in [4.69, 9.17) is 0 Å². The summed E-state index contributed by atoms with van der Waals surface area (Å²) in [4.78, 5) is 0. The maximum Gasteiger partial charge on any atom is 0.123 e. The molecule has 9 heavy (non-hydrogen) atoms. The fourth-order valence-corrected chi connectivity index (χ4v) is 1.19. The summed E-state index contributed by atoms with van der Waals surface area (Å²) in [6, 6.07) is 7.80. The van der Waals surface area contributed by atoms with E-state index in [0.29, 0.717) is 0 Å². The number of hydrogen-bond acceptors (Lipinski definition) is 0. The lowest BCUT2D eigenvalue weighted by Gasteiger charge is -1.92. The van der Waals surface area contributed by atoms with Gasteiger partial charge in [0.25, 0.3) is 0 Å². The van der Waals surface area contributed by atoms with Crippen LogP contribution in [-0.2, 0) is 6.04 Å². The summed E-state index contributed by atoms with van der Waals surface area (Å²) in [5.74, 6) is -0.145. The van der Waals surface area contributed by atoms with Crippen molar-refractivity contribution in [2.45, 2.75) is 6.04 Å². The Kier molecular flexibility index (Phi) is 2.00. The molecule has 0 saturated heterocycles. The molecule has 0 aliphatic carbocycles. The topological polar surface area (TPSA) is 0 Å². The van der Waals surface area contributed by atoms with Crippen LogP contribution in [-0.4, -0.2) is 10.2 Å². The summed E-state index contributed by atoms with van der Waals surface area (Å²) < 4.78 is 12.2. The van der Waals surface area contributed by atoms with Crippen LogP contribution in [0.15, 0.2) is 24.3 Å². The van der Waals surface area contributed by atoms with Crippen LogP contribution in [0.2, 0.25) is 0 Å². The van der Waals surface area contributed by atoms with Crippen LogP contribution in [0.3, 0.4) is 0 Å². The average Bonchev–Trinajstić information content (AvgIpc) is 1.90. The molecule has 0 atom stereocenters. The summed E-state index contributed by atoms with van der Waals surface area (Å²) >= 11 is 0. The smallest absolute Gasteiger partial charge is 0.123 e. The predicted octanol–water partition coefficient (Wildman–Crippen LogP) is 0.691. The SMILES string of the molecule is Fc1ccc(C[SiH3])cc1. The van der Waals surface area contributed by atoms with E-state index < -0.39 is 0 Å². The van der Waals surface area contributed by atoms with Crippen molar-refractivity contribution in [1.82, 2.24) is 0 Å². The number of benzene rings is 1. The van der Waals surface area contributed by atoms with Gasteiger partial charge in [0.05, 0.1) is 0 Å². The molecule has 0 aliphatic rings. The maximum atomic E-state index is 12.2. The molecule has 0 saturated carbocycles. The molecule has 0 radical (unpaired) electrons. The van der Waals surface area contributed by atoms with Gasteiger partial charge in [-0.15, -0.1) is 0 Å². The number of halogens is 1. The second-order valence-corrected chi connectivity index (χ2v) is 2.69. The van der Waals surface area contributed by atoms with Crippen LogP contribution in [0.4, 0.5) is 4.39 Å². The fourth-order valence-electron chi connectivity index (χ4n) is 0.720. The van der Waals surface area contributed by atoms with Crippen LogP contribution in [0, 0.1) is 5.82 Å². The van der Waals surface area contributed by atoms with Gasteiger partial charge in [0.15, 0.2) is 0 Å². The van der Waals surface area contributed by atoms with Gasteiger partial charge < -0.3 is 0 Å². The van der Waals surface area contributed by atoms with Gasteiger partial charge in [0.2, 0.25) is 0 Å². The van der Waals surface area contributed by atoms with E-state index in [1.165, 1.54) is 17.7 Å². The van der Waals surface area contributed by atoms with Crippen molar-refractivity contribution < 1.29 is 4.39 Å². The molecule has 48 valence electrons. The fraction of sp³-hybridized carbons (Fsp3) is 0.143. The van der Waals surface area contributed by atoms with Crippen molar-refractivity contribution in [3.63, 3.8) is 0 Å². The minimum absolute atomic E-state index is 0.145. The van der Waals surface area contributed by atoms with Gasteiger partial charge in [-0.25, -0.2) is 4.39 Å². The van der Waals surface area contributed by atoms with Gasteiger partial charge in [-0.1, -0.05) is 17.7 Å². The highest BCUT2D eigenvalue weighted by Crippen LogP contribution is 2.00. The van der Waals surface area contributed by atoms with Crippen LogP contribution in [0.1, 0.15) is 5.56 Å². The Morgan fingerprint density at radius 3 is 2.22 bits per heavy atom. The lowest BCUT2D eigenvalue weighted by Crippen LogP contribution is -1.82. The molecular weight excluding hydrogens is 131 g/mol. The first-order chi connectivity index (χ1) is 4.33. The normalized spacial score (nSPS) is 9.89. The highest BCUT2D eigenvalue weighted by Gasteiger charge is 1.87. The Bertz CT molecular complexity index is 181. The van der Waals surface area contributed by atoms with E-state index in [0.717, 1.165) is 16.3 Å². The molecule has 0 aliphatic heterocycles. The van der Waals surface area contributed by atoms with Crippen molar-refractivity contribution in [1.29, 1.82) is 0 Å². The first-order valence-electron chi connectivity index (χ1n) is 3.07. The van der Waals surface area contributed by atoms with E-state index >= 15 is 0 Å². The molecule has 0 amide bonds. The molecule has 0 fully saturated rings. The zero-order valence-electron chi connectivity index (χ0n) is 5.39. The maximum absolute atomic E-state index is 12.2. The zero-order chi connectivity index (χ0) is 6.69. The minimum atomic E-state index is -0.145. The molecule has 0 N–H and O–H groups in total. The molecule has 0 spiro atoms. The zero-order valence-corrected chi connectivity index (χ0v) is 7.39. The average molecular weight is 140 g/mol. The van der Waals surface area contributed by atoms with E-state index in [-0.39, 0.29) is 5.82 Å². The quantitative estimate of drug-likeness (QED) is 0.503. The van der Waals surface area contributed by atoms with Crippen molar-refractivity contribution >= 4 is 10.2 Å². The number of hydrogen-bond donors (Lipinski definition) is 0. The van der Waals surface area contributed by atoms with Crippen LogP contribution in [0.25, 0.3) is 0 Å². The van der Waals surface area contributed by atoms with E-state index in [9.17, 15) is 4.39 Å². The third-order valence-corrected chi connectivity index (χ3v) is 2.14. The first kappa shape index (κ1) is 6.49. The predicted molar refractivity (Wildman–Crippen MR) is 40.0 cm³/mol. The lowest BCUT2D eigenvalue weighted by molar-refractivity contribution is 0.627. The highest BCUT2D eigenvalue weighted by molar-refractivity contribution is 6.08. The molecule has 0 heterocycles. The molecular formula is C7H9FSi. The molecule has 0 aromatic heterocycles. The highest BCUT2D eigenvalue weighted by atomic mass is 28.1. The van der Waals surface area contributed by atoms with E-state index in [1.807, 2.05) is 12.1 Å². The van der Waals surface area contributed by atoms with Crippen LogP contribution in [0.5, 0.6) is 0 Å². The first-order valence-corrected chi connectivity index (χ1v) is 4.49. The molecule has 2 heteroatoms. The van der Waals surface area contributed by atoms with Gasteiger partial charge >= 0.3 is 0 Å². The van der Waals surface area contributed by atoms with E-state index in [1.54, 1.807) is 0 Å². The summed E-state index contributed by atoms with van der Waals surface area (Å²) in [6.45, 7) is 0. The Hall–Kier alpha value is -0.633. The summed E-state index contributed by atoms with van der Waals surface area (Å²) in [6.07, 6.45) is 0. The van der Waals surface area contributed by atoms with Gasteiger partial charge in [0, 0.05) is 10.2 Å². The Morgan fingerprint density at radius 2 is 1.78 bits per heavy atom. The monoisotopic (exact) mass is 140 g/mol. The summed E-state index contributed by atoms with van der Waals surface area (Å²) in [7, 11) is 1.15. The van der Waals surface area contributed by atoms with Gasteiger partial charge in [-0.05, 0) is 18.2 Å². The molecule has 1 rings (SSSR count). The summed E-state index contributed by atoms with van der Waals surface area (Å²) in [5, 5.41) is 0. The third kappa shape index (κ3) is 1.64. The lowest BCUT2D eigenvalue weighted by atomic mass is 10.2. The largest absolute Gasteiger partial charge is 0.207 e. The van der Waals surface area contributed by atoms with Gasteiger partial charge in [-0.3, -0.25) is 0 Å². The molecule has 1 aromatic rings. The van der Waals surface area contributed by atoms with Crippen molar-refractivity contribution in [2.24, 2.45) is 0 Å². The number of rotatable bonds is 1. The molecule has 0 unspecified atom stereocenters.